The van der Waals surface area contributed by atoms with Gasteiger partial charge >= 0.3 is 0 Å². The monoisotopic (exact) mass is 364 g/mol. The van der Waals surface area contributed by atoms with Crippen LogP contribution in [0.25, 0.3) is 0 Å². The van der Waals surface area contributed by atoms with Gasteiger partial charge < -0.3 is 10.2 Å². The highest BCUT2D eigenvalue weighted by Crippen LogP contribution is 2.33. The molecule has 0 spiro atoms. The molecule has 2 nitrogen and oxygen atoms in total. The van der Waals surface area contributed by atoms with Crippen LogP contribution < -0.4 is 10.2 Å². The zero-order valence-electron chi connectivity index (χ0n) is 12.5. The molecule has 1 saturated carbocycles. The molecule has 1 atom stereocenters. The van der Waals surface area contributed by atoms with Gasteiger partial charge in [-0.3, -0.25) is 0 Å². The van der Waals surface area contributed by atoms with E-state index in [-0.39, 0.29) is 0 Å². The zero-order valence-corrected chi connectivity index (χ0v) is 14.9. The molecule has 1 aliphatic rings. The topological polar surface area (TPSA) is 15.3 Å². The molecule has 1 unspecified atom stereocenters. The van der Waals surface area contributed by atoms with Crippen LogP contribution in [0.2, 0.25) is 0 Å². The molecule has 4 heteroatoms. The predicted octanol–water partition coefficient (Wildman–Crippen LogP) is 4.96. The second kappa shape index (κ2) is 6.51. The average molecular weight is 365 g/mol. The zero-order chi connectivity index (χ0) is 14.8. The maximum atomic E-state index is 3.74. The molecular weight excluding hydrogens is 344 g/mol. The minimum absolute atomic E-state index is 0.386. The molecule has 1 aliphatic carbocycles. The molecule has 0 aliphatic heterocycles. The average Bonchev–Trinajstić information content (AvgIpc) is 3.15. The van der Waals surface area contributed by atoms with Crippen LogP contribution >= 0.6 is 27.3 Å². The van der Waals surface area contributed by atoms with Gasteiger partial charge in [0, 0.05) is 29.0 Å². The fourth-order valence-corrected chi connectivity index (χ4v) is 3.96. The van der Waals surface area contributed by atoms with Crippen molar-refractivity contribution in [3.8, 4) is 0 Å². The van der Waals surface area contributed by atoms with Crippen molar-refractivity contribution in [2.24, 2.45) is 0 Å². The Kier molecular flexibility index (Phi) is 4.67. The predicted molar refractivity (Wildman–Crippen MR) is 95.1 cm³/mol. The summed E-state index contributed by atoms with van der Waals surface area (Å²) in [6.45, 7) is 3.22. The Bertz CT molecular complexity index is 593. The molecule has 1 fully saturated rings. The van der Waals surface area contributed by atoms with Crippen molar-refractivity contribution in [3.63, 3.8) is 0 Å². The standard InChI is InChI=1S/C17H21BrN2S/c1-12(17-4-3-9-21-17)20(2)16-8-5-13(10-15(16)18)11-19-14-6-7-14/h3-5,8-10,12,14,19H,6-7,11H2,1-2H3. The Morgan fingerprint density at radius 2 is 2.19 bits per heavy atom. The summed E-state index contributed by atoms with van der Waals surface area (Å²) >= 11 is 5.55. The van der Waals surface area contributed by atoms with E-state index in [1.54, 1.807) is 0 Å². The van der Waals surface area contributed by atoms with Gasteiger partial charge in [0.1, 0.15) is 0 Å². The number of hydrogen-bond donors (Lipinski definition) is 1. The van der Waals surface area contributed by atoms with Crippen LogP contribution in [-0.4, -0.2) is 13.1 Å². The summed E-state index contributed by atoms with van der Waals surface area (Å²) in [5, 5.41) is 5.70. The lowest BCUT2D eigenvalue weighted by atomic mass is 10.1. The van der Waals surface area contributed by atoms with Crippen LogP contribution in [0.5, 0.6) is 0 Å². The molecule has 1 N–H and O–H groups in total. The number of benzene rings is 1. The first-order valence-electron chi connectivity index (χ1n) is 7.43. The Balaban J connectivity index is 1.71. The molecule has 1 heterocycles. The lowest BCUT2D eigenvalue weighted by molar-refractivity contribution is 0.687. The summed E-state index contributed by atoms with van der Waals surface area (Å²) in [4.78, 5) is 3.72. The van der Waals surface area contributed by atoms with Gasteiger partial charge in [-0.05, 0) is 64.8 Å². The quantitative estimate of drug-likeness (QED) is 0.778. The number of anilines is 1. The van der Waals surface area contributed by atoms with Crippen LogP contribution in [0.1, 0.15) is 36.2 Å². The van der Waals surface area contributed by atoms with Gasteiger partial charge in [0.25, 0.3) is 0 Å². The van der Waals surface area contributed by atoms with Gasteiger partial charge in [-0.1, -0.05) is 12.1 Å². The van der Waals surface area contributed by atoms with E-state index < -0.39 is 0 Å². The normalized spacial score (nSPS) is 16.0. The first kappa shape index (κ1) is 15.1. The number of hydrogen-bond acceptors (Lipinski definition) is 3. The third-order valence-corrected chi connectivity index (χ3v) is 5.78. The van der Waals surface area contributed by atoms with Crippen molar-refractivity contribution < 1.29 is 0 Å². The third-order valence-electron chi connectivity index (χ3n) is 4.10. The Hall–Kier alpha value is -0.840. The summed E-state index contributed by atoms with van der Waals surface area (Å²) in [6, 6.07) is 12.1. The fourth-order valence-electron chi connectivity index (χ4n) is 2.42. The molecule has 3 rings (SSSR count). The van der Waals surface area contributed by atoms with E-state index in [4.69, 9.17) is 0 Å². The summed E-state index contributed by atoms with van der Waals surface area (Å²) in [5.41, 5.74) is 2.58. The van der Waals surface area contributed by atoms with E-state index in [2.05, 4.69) is 75.8 Å². The van der Waals surface area contributed by atoms with Crippen molar-refractivity contribution in [1.29, 1.82) is 0 Å². The lowest BCUT2D eigenvalue weighted by Gasteiger charge is -2.27. The maximum absolute atomic E-state index is 3.74. The Morgan fingerprint density at radius 3 is 2.81 bits per heavy atom. The van der Waals surface area contributed by atoms with E-state index >= 15 is 0 Å². The van der Waals surface area contributed by atoms with Crippen LogP contribution in [0.4, 0.5) is 5.69 Å². The minimum atomic E-state index is 0.386. The third kappa shape index (κ3) is 3.68. The smallest absolute Gasteiger partial charge is 0.0604 e. The highest BCUT2D eigenvalue weighted by atomic mass is 79.9. The van der Waals surface area contributed by atoms with Crippen molar-refractivity contribution in [2.75, 3.05) is 11.9 Å². The second-order valence-corrected chi connectivity index (χ2v) is 7.58. The second-order valence-electron chi connectivity index (χ2n) is 5.74. The highest BCUT2D eigenvalue weighted by molar-refractivity contribution is 9.10. The molecule has 0 radical (unpaired) electrons. The number of rotatable bonds is 6. The van der Waals surface area contributed by atoms with Crippen LogP contribution in [0.15, 0.2) is 40.2 Å². The molecule has 112 valence electrons. The lowest BCUT2D eigenvalue weighted by Crippen LogP contribution is -2.21. The van der Waals surface area contributed by atoms with Gasteiger partial charge in [0.05, 0.1) is 11.7 Å². The van der Waals surface area contributed by atoms with Crippen molar-refractivity contribution in [1.82, 2.24) is 5.32 Å². The summed E-state index contributed by atoms with van der Waals surface area (Å²) < 4.78 is 1.17. The molecule has 0 bridgehead atoms. The highest BCUT2D eigenvalue weighted by Gasteiger charge is 2.20. The van der Waals surface area contributed by atoms with Crippen LogP contribution in [0.3, 0.4) is 0 Å². The molecule has 1 aromatic carbocycles. The molecule has 0 amide bonds. The maximum Gasteiger partial charge on any atom is 0.0604 e. The minimum Gasteiger partial charge on any atom is -0.366 e. The molecule has 21 heavy (non-hydrogen) atoms. The van der Waals surface area contributed by atoms with E-state index in [1.807, 2.05) is 11.3 Å². The van der Waals surface area contributed by atoms with Crippen molar-refractivity contribution in [2.45, 2.75) is 38.4 Å². The molecule has 2 aromatic rings. The summed E-state index contributed by atoms with van der Waals surface area (Å²) in [6.07, 6.45) is 2.67. The Morgan fingerprint density at radius 1 is 1.38 bits per heavy atom. The van der Waals surface area contributed by atoms with Crippen molar-refractivity contribution >= 4 is 33.0 Å². The van der Waals surface area contributed by atoms with Gasteiger partial charge in [-0.2, -0.15) is 0 Å². The van der Waals surface area contributed by atoms with E-state index in [1.165, 1.54) is 33.4 Å². The molecule has 1 aromatic heterocycles. The van der Waals surface area contributed by atoms with Gasteiger partial charge in [0.2, 0.25) is 0 Å². The van der Waals surface area contributed by atoms with Gasteiger partial charge in [-0.25, -0.2) is 0 Å². The van der Waals surface area contributed by atoms with Gasteiger partial charge in [0.15, 0.2) is 0 Å². The van der Waals surface area contributed by atoms with E-state index in [0.29, 0.717) is 6.04 Å². The number of nitrogens with zero attached hydrogens (tertiary/aromatic N) is 1. The first-order valence-corrected chi connectivity index (χ1v) is 9.10. The SMILES string of the molecule is CC(c1cccs1)N(C)c1ccc(CNC2CC2)cc1Br. The largest absolute Gasteiger partial charge is 0.366 e. The summed E-state index contributed by atoms with van der Waals surface area (Å²) in [5.74, 6) is 0. The van der Waals surface area contributed by atoms with Crippen LogP contribution in [-0.2, 0) is 6.54 Å². The Labute approximate surface area is 139 Å². The number of halogens is 1. The van der Waals surface area contributed by atoms with Crippen molar-refractivity contribution in [3.05, 3.63) is 50.6 Å². The molecule has 0 saturated heterocycles. The number of thiophene rings is 1. The van der Waals surface area contributed by atoms with E-state index in [9.17, 15) is 0 Å². The van der Waals surface area contributed by atoms with Gasteiger partial charge in [-0.15, -0.1) is 11.3 Å². The summed E-state index contributed by atoms with van der Waals surface area (Å²) in [7, 11) is 2.16. The van der Waals surface area contributed by atoms with Crippen LogP contribution in [0, 0.1) is 0 Å². The van der Waals surface area contributed by atoms with E-state index in [0.717, 1.165) is 12.6 Å². The first-order chi connectivity index (χ1) is 10.1. The fraction of sp³-hybridized carbons (Fsp3) is 0.412. The molecular formula is C17H21BrN2S. The number of nitrogens with one attached hydrogen (secondary N) is 1.